The molecule has 0 fully saturated rings. The van der Waals surface area contributed by atoms with Gasteiger partial charge >= 0.3 is 5.97 Å². The molecule has 21 heavy (non-hydrogen) atoms. The molecule has 0 heterocycles. The molecule has 0 aliphatic rings. The van der Waals surface area contributed by atoms with Gasteiger partial charge in [-0.25, -0.2) is 4.79 Å². The van der Waals surface area contributed by atoms with E-state index in [1.807, 2.05) is 37.3 Å². The molecule has 118 valence electrons. The second kappa shape index (κ2) is 9.50. The van der Waals surface area contributed by atoms with Crippen LogP contribution in [0.1, 0.15) is 18.9 Å². The summed E-state index contributed by atoms with van der Waals surface area (Å²) in [6.45, 7) is 3.85. The third-order valence-electron chi connectivity index (χ3n) is 3.23. The Bertz CT molecular complexity index is 410. The highest BCUT2D eigenvalue weighted by atomic mass is 16.5. The van der Waals surface area contributed by atoms with Gasteiger partial charge in [0.05, 0.1) is 26.9 Å². The molecule has 0 aromatic heterocycles. The van der Waals surface area contributed by atoms with Gasteiger partial charge in [-0.15, -0.1) is 0 Å². The highest BCUT2D eigenvalue weighted by molar-refractivity contribution is 5.82. The van der Waals surface area contributed by atoms with E-state index >= 15 is 0 Å². The van der Waals surface area contributed by atoms with E-state index in [-0.39, 0.29) is 12.6 Å². The number of hydrogen-bond acceptors (Lipinski definition) is 5. The molecule has 1 rings (SSSR count). The second-order valence-electron chi connectivity index (χ2n) is 4.74. The van der Waals surface area contributed by atoms with Crippen LogP contribution in [0.4, 0.5) is 0 Å². The zero-order valence-corrected chi connectivity index (χ0v) is 13.1. The van der Waals surface area contributed by atoms with Crippen LogP contribution in [0.25, 0.3) is 0 Å². The highest BCUT2D eigenvalue weighted by Crippen LogP contribution is 2.23. The number of ether oxygens (including phenoxy) is 3. The van der Waals surface area contributed by atoms with Gasteiger partial charge in [-0.1, -0.05) is 37.3 Å². The molecule has 0 spiro atoms. The lowest BCUT2D eigenvalue weighted by molar-refractivity contribution is -0.152. The van der Waals surface area contributed by atoms with Crippen LogP contribution in [0.3, 0.4) is 0 Å². The average Bonchev–Trinajstić information content (AvgIpc) is 2.54. The van der Waals surface area contributed by atoms with Gasteiger partial charge in [0.2, 0.25) is 0 Å². The molecule has 1 N–H and O–H groups in total. The molecule has 1 aromatic carbocycles. The lowest BCUT2D eigenvalue weighted by Crippen LogP contribution is -2.53. The molecular formula is C16H25NO4. The van der Waals surface area contributed by atoms with Crippen LogP contribution in [0, 0.1) is 0 Å². The summed E-state index contributed by atoms with van der Waals surface area (Å²) in [7, 11) is 3.01. The van der Waals surface area contributed by atoms with Gasteiger partial charge in [0.25, 0.3) is 0 Å². The Morgan fingerprint density at radius 2 is 1.90 bits per heavy atom. The van der Waals surface area contributed by atoms with Crippen LogP contribution < -0.4 is 5.32 Å². The third-order valence-corrected chi connectivity index (χ3v) is 3.23. The molecule has 0 aliphatic heterocycles. The van der Waals surface area contributed by atoms with E-state index in [1.54, 1.807) is 7.11 Å². The number of hydrogen-bond donors (Lipinski definition) is 1. The number of nitrogens with one attached hydrogen (secondary N) is 1. The molecular weight excluding hydrogens is 270 g/mol. The first-order chi connectivity index (χ1) is 10.2. The monoisotopic (exact) mass is 295 g/mol. The molecule has 1 atom stereocenters. The van der Waals surface area contributed by atoms with Crippen molar-refractivity contribution < 1.29 is 19.0 Å². The van der Waals surface area contributed by atoms with Crippen LogP contribution in [-0.4, -0.2) is 46.6 Å². The molecule has 0 saturated heterocycles. The largest absolute Gasteiger partial charge is 0.467 e. The van der Waals surface area contributed by atoms with Gasteiger partial charge < -0.3 is 14.2 Å². The summed E-state index contributed by atoms with van der Waals surface area (Å²) < 4.78 is 15.6. The summed E-state index contributed by atoms with van der Waals surface area (Å²) in [5, 5.41) is 3.29. The highest BCUT2D eigenvalue weighted by Gasteiger charge is 2.41. The number of benzene rings is 1. The smallest absolute Gasteiger partial charge is 0.333 e. The fraction of sp³-hybridized carbons (Fsp3) is 0.562. The Morgan fingerprint density at radius 1 is 1.19 bits per heavy atom. The van der Waals surface area contributed by atoms with Gasteiger partial charge in [-0.3, -0.25) is 5.32 Å². The summed E-state index contributed by atoms with van der Waals surface area (Å²) in [6.07, 6.45) is 0.906. The lowest BCUT2D eigenvalue weighted by atomic mass is 9.90. The van der Waals surface area contributed by atoms with Crippen molar-refractivity contribution in [2.75, 3.05) is 40.6 Å². The van der Waals surface area contributed by atoms with Crippen molar-refractivity contribution in [1.82, 2.24) is 5.32 Å². The predicted molar refractivity (Wildman–Crippen MR) is 81.1 cm³/mol. The Kier molecular flexibility index (Phi) is 7.97. The van der Waals surface area contributed by atoms with Crippen LogP contribution >= 0.6 is 0 Å². The minimum atomic E-state index is -0.986. The van der Waals surface area contributed by atoms with E-state index in [0.29, 0.717) is 19.8 Å². The van der Waals surface area contributed by atoms with Crippen LogP contribution in [0.5, 0.6) is 0 Å². The van der Waals surface area contributed by atoms with Gasteiger partial charge in [-0.2, -0.15) is 0 Å². The molecule has 5 nitrogen and oxygen atoms in total. The Balaban J connectivity index is 3.00. The fourth-order valence-corrected chi connectivity index (χ4v) is 2.09. The molecule has 5 heteroatoms. The number of rotatable bonds is 10. The molecule has 0 aliphatic carbocycles. The van der Waals surface area contributed by atoms with E-state index in [9.17, 15) is 4.79 Å². The molecule has 0 amide bonds. The van der Waals surface area contributed by atoms with Crippen LogP contribution in [0.2, 0.25) is 0 Å². The summed E-state index contributed by atoms with van der Waals surface area (Å²) in [5.41, 5.74) is -0.150. The Morgan fingerprint density at radius 3 is 2.48 bits per heavy atom. The lowest BCUT2D eigenvalue weighted by Gasteiger charge is -2.32. The summed E-state index contributed by atoms with van der Waals surface area (Å²) in [6, 6.07) is 9.52. The Labute approximate surface area is 126 Å². The minimum absolute atomic E-state index is 0.201. The maximum absolute atomic E-state index is 12.4. The van der Waals surface area contributed by atoms with Crippen molar-refractivity contribution in [1.29, 1.82) is 0 Å². The van der Waals surface area contributed by atoms with E-state index in [2.05, 4.69) is 5.32 Å². The number of methoxy groups -OCH3 is 2. The fourth-order valence-electron chi connectivity index (χ4n) is 2.09. The van der Waals surface area contributed by atoms with Crippen LogP contribution in [0.15, 0.2) is 30.3 Å². The minimum Gasteiger partial charge on any atom is -0.467 e. The van der Waals surface area contributed by atoms with Gasteiger partial charge in [0, 0.05) is 7.11 Å². The van der Waals surface area contributed by atoms with Crippen molar-refractivity contribution in [2.45, 2.75) is 18.9 Å². The first kappa shape index (κ1) is 17.6. The molecule has 0 saturated carbocycles. The molecule has 0 bridgehead atoms. The van der Waals surface area contributed by atoms with Crippen molar-refractivity contribution >= 4 is 5.97 Å². The van der Waals surface area contributed by atoms with E-state index < -0.39 is 5.54 Å². The topological polar surface area (TPSA) is 56.8 Å². The van der Waals surface area contributed by atoms with Crippen molar-refractivity contribution in [3.05, 3.63) is 35.9 Å². The second-order valence-corrected chi connectivity index (χ2v) is 4.74. The zero-order chi connectivity index (χ0) is 15.6. The van der Waals surface area contributed by atoms with Gasteiger partial charge in [0.1, 0.15) is 0 Å². The maximum atomic E-state index is 12.4. The summed E-state index contributed by atoms with van der Waals surface area (Å²) in [5.74, 6) is -0.348. The van der Waals surface area contributed by atoms with Gasteiger partial charge in [0.15, 0.2) is 5.54 Å². The van der Waals surface area contributed by atoms with E-state index in [1.165, 1.54) is 7.11 Å². The summed E-state index contributed by atoms with van der Waals surface area (Å²) in [4.78, 5) is 12.4. The Hall–Kier alpha value is -1.43. The van der Waals surface area contributed by atoms with E-state index in [4.69, 9.17) is 14.2 Å². The first-order valence-electron chi connectivity index (χ1n) is 7.17. The molecule has 1 aromatic rings. The normalized spacial score (nSPS) is 13.7. The zero-order valence-electron chi connectivity index (χ0n) is 13.1. The SMILES string of the molecule is CCCNC(COCCOC)(C(=O)OC)c1ccccc1. The predicted octanol–water partition coefficient (Wildman–Crippen LogP) is 1.72. The van der Waals surface area contributed by atoms with Crippen molar-refractivity contribution in [3.8, 4) is 0 Å². The standard InChI is InChI=1S/C16H25NO4/c1-4-10-17-16(15(18)20-3,13-21-12-11-19-2)14-8-6-5-7-9-14/h5-9,17H,4,10-13H2,1-3H3. The number of esters is 1. The first-order valence-corrected chi connectivity index (χ1v) is 7.17. The maximum Gasteiger partial charge on any atom is 0.333 e. The van der Waals surface area contributed by atoms with Gasteiger partial charge in [-0.05, 0) is 18.5 Å². The number of carbonyl (C=O) groups is 1. The van der Waals surface area contributed by atoms with E-state index in [0.717, 1.165) is 12.0 Å². The van der Waals surface area contributed by atoms with Crippen LogP contribution in [-0.2, 0) is 24.5 Å². The number of carbonyl (C=O) groups excluding carboxylic acids is 1. The summed E-state index contributed by atoms with van der Waals surface area (Å²) >= 11 is 0. The van der Waals surface area contributed by atoms with Crippen molar-refractivity contribution in [2.24, 2.45) is 0 Å². The van der Waals surface area contributed by atoms with Crippen molar-refractivity contribution in [3.63, 3.8) is 0 Å². The average molecular weight is 295 g/mol. The molecule has 0 radical (unpaired) electrons. The quantitative estimate of drug-likeness (QED) is 0.526. The molecule has 1 unspecified atom stereocenters. The third kappa shape index (κ3) is 4.81.